The zero-order chi connectivity index (χ0) is 13.1. The molecule has 98 valence electrons. The number of para-hydroxylation sites is 1. The maximum Gasteiger partial charge on any atom is 0.122 e. The molecule has 0 saturated carbocycles. The molecule has 0 aliphatic carbocycles. The molecule has 19 heavy (non-hydrogen) atoms. The predicted molar refractivity (Wildman–Crippen MR) is 72.9 cm³/mol. The van der Waals surface area contributed by atoms with Crippen LogP contribution in [0, 0.1) is 0 Å². The van der Waals surface area contributed by atoms with Crippen molar-refractivity contribution < 1.29 is 14.6 Å². The zero-order valence-corrected chi connectivity index (χ0v) is 10.6. The highest BCUT2D eigenvalue weighted by atomic mass is 16.5. The van der Waals surface area contributed by atoms with Gasteiger partial charge in [0.05, 0.1) is 13.2 Å². The topological polar surface area (TPSA) is 38.7 Å². The standard InChI is InChI=1S/C16H16O3/c17-13-5-7-14(8-6-13)19-11-12-9-10-18-16-4-2-1-3-15(12)16/h1-8,12,17H,9-11H2. The molecule has 1 aliphatic heterocycles. The highest BCUT2D eigenvalue weighted by Gasteiger charge is 2.21. The zero-order valence-electron chi connectivity index (χ0n) is 10.6. The third-order valence-electron chi connectivity index (χ3n) is 3.37. The van der Waals surface area contributed by atoms with E-state index in [0.717, 1.165) is 24.5 Å². The van der Waals surface area contributed by atoms with Gasteiger partial charge in [0.15, 0.2) is 0 Å². The normalized spacial score (nSPS) is 17.4. The smallest absolute Gasteiger partial charge is 0.122 e. The van der Waals surface area contributed by atoms with Crippen molar-refractivity contribution in [3.63, 3.8) is 0 Å². The van der Waals surface area contributed by atoms with E-state index in [9.17, 15) is 5.11 Å². The summed E-state index contributed by atoms with van der Waals surface area (Å²) in [6.07, 6.45) is 0.967. The van der Waals surface area contributed by atoms with Crippen LogP contribution in [0.4, 0.5) is 0 Å². The van der Waals surface area contributed by atoms with Crippen LogP contribution < -0.4 is 9.47 Å². The van der Waals surface area contributed by atoms with Crippen molar-refractivity contribution in [2.24, 2.45) is 0 Å². The molecule has 0 radical (unpaired) electrons. The van der Waals surface area contributed by atoms with E-state index < -0.39 is 0 Å². The van der Waals surface area contributed by atoms with Crippen molar-refractivity contribution in [2.75, 3.05) is 13.2 Å². The maximum absolute atomic E-state index is 9.23. The highest BCUT2D eigenvalue weighted by Crippen LogP contribution is 2.33. The minimum Gasteiger partial charge on any atom is -0.508 e. The molecule has 3 rings (SSSR count). The van der Waals surface area contributed by atoms with Crippen molar-refractivity contribution in [1.29, 1.82) is 0 Å². The van der Waals surface area contributed by atoms with E-state index in [1.54, 1.807) is 24.3 Å². The molecule has 1 heterocycles. The summed E-state index contributed by atoms with van der Waals surface area (Å²) in [5.41, 5.74) is 1.22. The SMILES string of the molecule is Oc1ccc(OCC2CCOc3ccccc32)cc1. The van der Waals surface area contributed by atoms with Gasteiger partial charge < -0.3 is 14.6 Å². The Morgan fingerprint density at radius 2 is 1.89 bits per heavy atom. The highest BCUT2D eigenvalue weighted by molar-refractivity contribution is 5.38. The molecule has 1 aliphatic rings. The Bertz CT molecular complexity index is 548. The van der Waals surface area contributed by atoms with Gasteiger partial charge in [-0.15, -0.1) is 0 Å². The summed E-state index contributed by atoms with van der Waals surface area (Å²) in [7, 11) is 0. The molecule has 0 spiro atoms. The van der Waals surface area contributed by atoms with Gasteiger partial charge >= 0.3 is 0 Å². The second-order valence-corrected chi connectivity index (χ2v) is 4.68. The molecule has 1 atom stereocenters. The van der Waals surface area contributed by atoms with Crippen LogP contribution in [-0.2, 0) is 0 Å². The van der Waals surface area contributed by atoms with Gasteiger partial charge in [0.1, 0.15) is 17.2 Å². The van der Waals surface area contributed by atoms with Crippen molar-refractivity contribution in [3.8, 4) is 17.2 Å². The summed E-state index contributed by atoms with van der Waals surface area (Å²) >= 11 is 0. The Balaban J connectivity index is 1.69. The van der Waals surface area contributed by atoms with E-state index in [1.165, 1.54) is 5.56 Å². The lowest BCUT2D eigenvalue weighted by Gasteiger charge is -2.25. The van der Waals surface area contributed by atoms with Crippen molar-refractivity contribution in [3.05, 3.63) is 54.1 Å². The Morgan fingerprint density at radius 1 is 1.11 bits per heavy atom. The molecular weight excluding hydrogens is 240 g/mol. The molecule has 3 heteroatoms. The van der Waals surface area contributed by atoms with Crippen LogP contribution in [0.25, 0.3) is 0 Å². The summed E-state index contributed by atoms with van der Waals surface area (Å²) in [5.74, 6) is 2.36. The van der Waals surface area contributed by atoms with Crippen LogP contribution in [0.1, 0.15) is 17.9 Å². The number of phenolic OH excluding ortho intramolecular Hbond substituents is 1. The van der Waals surface area contributed by atoms with Crippen molar-refractivity contribution in [1.82, 2.24) is 0 Å². The number of aromatic hydroxyl groups is 1. The van der Waals surface area contributed by atoms with E-state index >= 15 is 0 Å². The number of hydrogen-bond acceptors (Lipinski definition) is 3. The first kappa shape index (κ1) is 11.9. The van der Waals surface area contributed by atoms with E-state index in [4.69, 9.17) is 9.47 Å². The molecule has 0 fully saturated rings. The molecule has 2 aromatic carbocycles. The summed E-state index contributed by atoms with van der Waals surface area (Å²) in [6, 6.07) is 14.9. The Kier molecular flexibility index (Phi) is 3.27. The molecule has 0 saturated heterocycles. The van der Waals surface area contributed by atoms with Gasteiger partial charge in [0.2, 0.25) is 0 Å². The van der Waals surface area contributed by atoms with Gasteiger partial charge in [-0.1, -0.05) is 18.2 Å². The van der Waals surface area contributed by atoms with Crippen LogP contribution in [0.15, 0.2) is 48.5 Å². The van der Waals surface area contributed by atoms with E-state index in [2.05, 4.69) is 6.07 Å². The second-order valence-electron chi connectivity index (χ2n) is 4.68. The fourth-order valence-corrected chi connectivity index (χ4v) is 2.33. The van der Waals surface area contributed by atoms with Gasteiger partial charge in [0, 0.05) is 11.5 Å². The monoisotopic (exact) mass is 256 g/mol. The average molecular weight is 256 g/mol. The summed E-state index contributed by atoms with van der Waals surface area (Å²) in [4.78, 5) is 0. The lowest BCUT2D eigenvalue weighted by molar-refractivity contribution is 0.217. The third-order valence-corrected chi connectivity index (χ3v) is 3.37. The second kappa shape index (κ2) is 5.22. The molecule has 1 unspecified atom stereocenters. The fourth-order valence-electron chi connectivity index (χ4n) is 2.33. The van der Waals surface area contributed by atoms with Crippen LogP contribution >= 0.6 is 0 Å². The van der Waals surface area contributed by atoms with Crippen LogP contribution in [0.2, 0.25) is 0 Å². The predicted octanol–water partition coefficient (Wildman–Crippen LogP) is 3.34. The molecule has 0 amide bonds. The molecular formula is C16H16O3. The number of phenols is 1. The Labute approximate surface area is 112 Å². The lowest BCUT2D eigenvalue weighted by atomic mass is 9.94. The van der Waals surface area contributed by atoms with E-state index in [-0.39, 0.29) is 5.75 Å². The summed E-state index contributed by atoms with van der Waals surface area (Å²) in [6.45, 7) is 1.37. The molecule has 3 nitrogen and oxygen atoms in total. The number of rotatable bonds is 3. The average Bonchev–Trinajstić information content (AvgIpc) is 2.47. The first-order valence-electron chi connectivity index (χ1n) is 6.46. The minimum absolute atomic E-state index is 0.253. The largest absolute Gasteiger partial charge is 0.508 e. The quantitative estimate of drug-likeness (QED) is 0.915. The number of fused-ring (bicyclic) bond motifs is 1. The minimum atomic E-state index is 0.253. The number of ether oxygens (including phenoxy) is 2. The summed E-state index contributed by atoms with van der Waals surface area (Å²) in [5, 5.41) is 9.23. The van der Waals surface area contributed by atoms with E-state index in [0.29, 0.717) is 12.5 Å². The molecule has 0 aromatic heterocycles. The first-order valence-corrected chi connectivity index (χ1v) is 6.46. The van der Waals surface area contributed by atoms with Gasteiger partial charge in [-0.3, -0.25) is 0 Å². The number of hydrogen-bond donors (Lipinski definition) is 1. The van der Waals surface area contributed by atoms with Crippen LogP contribution in [0.3, 0.4) is 0 Å². The molecule has 2 aromatic rings. The fraction of sp³-hybridized carbons (Fsp3) is 0.250. The van der Waals surface area contributed by atoms with Gasteiger partial charge in [-0.25, -0.2) is 0 Å². The maximum atomic E-state index is 9.23. The lowest BCUT2D eigenvalue weighted by Crippen LogP contribution is -2.19. The van der Waals surface area contributed by atoms with Gasteiger partial charge in [-0.2, -0.15) is 0 Å². The van der Waals surface area contributed by atoms with Gasteiger partial charge in [-0.05, 0) is 36.8 Å². The van der Waals surface area contributed by atoms with Crippen molar-refractivity contribution in [2.45, 2.75) is 12.3 Å². The molecule has 0 bridgehead atoms. The van der Waals surface area contributed by atoms with Gasteiger partial charge in [0.25, 0.3) is 0 Å². The Hall–Kier alpha value is -2.16. The number of benzene rings is 2. The van der Waals surface area contributed by atoms with Crippen LogP contribution in [0.5, 0.6) is 17.2 Å². The Morgan fingerprint density at radius 3 is 2.74 bits per heavy atom. The van der Waals surface area contributed by atoms with Crippen molar-refractivity contribution >= 4 is 0 Å². The third kappa shape index (κ3) is 2.65. The first-order chi connectivity index (χ1) is 9.33. The van der Waals surface area contributed by atoms with Crippen LogP contribution in [-0.4, -0.2) is 18.3 Å². The molecule has 1 N–H and O–H groups in total. The van der Waals surface area contributed by atoms with E-state index in [1.807, 2.05) is 18.2 Å². The summed E-state index contributed by atoms with van der Waals surface area (Å²) < 4.78 is 11.4.